The first-order valence-electron chi connectivity index (χ1n) is 5.76. The molecule has 1 unspecified atom stereocenters. The average molecular weight is 238 g/mol. The van der Waals surface area contributed by atoms with Crippen LogP contribution in [0.3, 0.4) is 0 Å². The van der Waals surface area contributed by atoms with Crippen LogP contribution in [0.5, 0.6) is 0 Å². The highest BCUT2D eigenvalue weighted by Crippen LogP contribution is 2.33. The number of nitrogens with zero attached hydrogens (tertiary/aromatic N) is 1. The molecule has 3 nitrogen and oxygen atoms in total. The van der Waals surface area contributed by atoms with Gasteiger partial charge in [0.2, 0.25) is 0 Å². The van der Waals surface area contributed by atoms with Gasteiger partial charge >= 0.3 is 0 Å². The summed E-state index contributed by atoms with van der Waals surface area (Å²) < 4.78 is 0. The van der Waals surface area contributed by atoms with Crippen molar-refractivity contribution in [1.29, 1.82) is 0 Å². The molecule has 0 saturated heterocycles. The Balaban J connectivity index is 1.86. The van der Waals surface area contributed by atoms with Gasteiger partial charge in [-0.2, -0.15) is 0 Å². The average Bonchev–Trinajstić information content (AvgIpc) is 2.95. The highest BCUT2D eigenvalue weighted by Gasteiger charge is 2.29. The van der Waals surface area contributed by atoms with Gasteiger partial charge in [0.15, 0.2) is 0 Å². The zero-order valence-electron chi connectivity index (χ0n) is 9.82. The van der Waals surface area contributed by atoms with Crippen LogP contribution in [0, 0.1) is 19.8 Å². The number of ketones is 1. The maximum absolute atomic E-state index is 11.8. The van der Waals surface area contributed by atoms with E-state index in [0.29, 0.717) is 18.8 Å². The standard InChI is InChI=1S/C12H18N2OS/c1-7-8(2)16-12(14-7)6-10(15)5-11(13)9-3-4-9/h9,11H,3-6,13H2,1-2H3. The quantitative estimate of drug-likeness (QED) is 0.853. The van der Waals surface area contributed by atoms with Crippen LogP contribution < -0.4 is 5.73 Å². The topological polar surface area (TPSA) is 56.0 Å². The SMILES string of the molecule is Cc1nc(CC(=O)CC(N)C2CC2)sc1C. The Hall–Kier alpha value is -0.740. The van der Waals surface area contributed by atoms with Gasteiger partial charge in [-0.05, 0) is 32.6 Å². The van der Waals surface area contributed by atoms with Gasteiger partial charge in [0, 0.05) is 17.3 Å². The van der Waals surface area contributed by atoms with Crippen molar-refractivity contribution >= 4 is 17.1 Å². The van der Waals surface area contributed by atoms with Gasteiger partial charge in [0.05, 0.1) is 12.1 Å². The summed E-state index contributed by atoms with van der Waals surface area (Å²) in [6.07, 6.45) is 3.37. The monoisotopic (exact) mass is 238 g/mol. The second kappa shape index (κ2) is 4.63. The van der Waals surface area contributed by atoms with Crippen molar-refractivity contribution in [2.75, 3.05) is 0 Å². The normalized spacial score (nSPS) is 17.4. The molecule has 0 amide bonds. The minimum Gasteiger partial charge on any atom is -0.327 e. The van der Waals surface area contributed by atoms with E-state index in [-0.39, 0.29) is 11.8 Å². The van der Waals surface area contributed by atoms with Gasteiger partial charge in [0.1, 0.15) is 10.8 Å². The summed E-state index contributed by atoms with van der Waals surface area (Å²) in [6.45, 7) is 4.02. The van der Waals surface area contributed by atoms with E-state index in [2.05, 4.69) is 4.98 Å². The molecule has 4 heteroatoms. The molecule has 2 rings (SSSR count). The van der Waals surface area contributed by atoms with Crippen LogP contribution in [-0.2, 0) is 11.2 Å². The number of hydrogen-bond donors (Lipinski definition) is 1. The fourth-order valence-corrected chi connectivity index (χ4v) is 2.77. The van der Waals surface area contributed by atoms with Crippen LogP contribution in [0.25, 0.3) is 0 Å². The molecule has 1 saturated carbocycles. The Morgan fingerprint density at radius 2 is 2.25 bits per heavy atom. The van der Waals surface area contributed by atoms with Crippen LogP contribution in [0.1, 0.15) is 34.8 Å². The van der Waals surface area contributed by atoms with E-state index in [0.717, 1.165) is 10.7 Å². The van der Waals surface area contributed by atoms with Crippen LogP contribution in [0.4, 0.5) is 0 Å². The molecule has 0 aromatic carbocycles. The second-order valence-corrected chi connectivity index (χ2v) is 5.96. The zero-order valence-corrected chi connectivity index (χ0v) is 10.6. The third-order valence-corrected chi connectivity index (χ3v) is 4.18. The fourth-order valence-electron chi connectivity index (χ4n) is 1.81. The minimum absolute atomic E-state index is 0.0784. The Labute approximate surface area is 100 Å². The summed E-state index contributed by atoms with van der Waals surface area (Å²) in [5, 5.41) is 0.933. The van der Waals surface area contributed by atoms with Crippen molar-refractivity contribution < 1.29 is 4.79 Å². The van der Waals surface area contributed by atoms with Crippen LogP contribution in [0.2, 0.25) is 0 Å². The lowest BCUT2D eigenvalue weighted by molar-refractivity contribution is -0.118. The summed E-state index contributed by atoms with van der Waals surface area (Å²) in [4.78, 5) is 17.3. The third-order valence-electron chi connectivity index (χ3n) is 3.11. The predicted octanol–water partition coefficient (Wildman–Crippen LogP) is 2.00. The first-order chi connectivity index (χ1) is 7.56. The van der Waals surface area contributed by atoms with E-state index in [1.165, 1.54) is 17.7 Å². The summed E-state index contributed by atoms with van der Waals surface area (Å²) >= 11 is 1.62. The van der Waals surface area contributed by atoms with E-state index in [1.54, 1.807) is 11.3 Å². The minimum atomic E-state index is 0.0784. The fraction of sp³-hybridized carbons (Fsp3) is 0.667. The van der Waals surface area contributed by atoms with E-state index in [4.69, 9.17) is 5.73 Å². The van der Waals surface area contributed by atoms with Crippen molar-refractivity contribution in [3.8, 4) is 0 Å². The van der Waals surface area contributed by atoms with Crippen molar-refractivity contribution in [3.63, 3.8) is 0 Å². The lowest BCUT2D eigenvalue weighted by Crippen LogP contribution is -2.26. The smallest absolute Gasteiger partial charge is 0.141 e. The number of hydrogen-bond acceptors (Lipinski definition) is 4. The summed E-state index contributed by atoms with van der Waals surface area (Å²) in [6, 6.07) is 0.0784. The molecule has 16 heavy (non-hydrogen) atoms. The van der Waals surface area contributed by atoms with Gasteiger partial charge in [0.25, 0.3) is 0 Å². The van der Waals surface area contributed by atoms with Gasteiger partial charge in [-0.25, -0.2) is 4.98 Å². The number of carbonyl (C=O) groups is 1. The molecule has 1 heterocycles. The van der Waals surface area contributed by atoms with Crippen molar-refractivity contribution in [3.05, 3.63) is 15.6 Å². The Morgan fingerprint density at radius 3 is 2.75 bits per heavy atom. The Bertz CT molecular complexity index is 376. The Morgan fingerprint density at radius 1 is 1.56 bits per heavy atom. The molecule has 88 valence electrons. The molecule has 1 aliphatic rings. The lowest BCUT2D eigenvalue weighted by atomic mass is 10.1. The van der Waals surface area contributed by atoms with Gasteiger partial charge in [-0.15, -0.1) is 11.3 Å². The maximum atomic E-state index is 11.8. The summed E-state index contributed by atoms with van der Waals surface area (Å²) in [7, 11) is 0. The first-order valence-corrected chi connectivity index (χ1v) is 6.58. The van der Waals surface area contributed by atoms with E-state index < -0.39 is 0 Å². The number of carbonyl (C=O) groups excluding carboxylic acids is 1. The van der Waals surface area contributed by atoms with Crippen molar-refractivity contribution in [2.45, 2.75) is 45.6 Å². The number of rotatable bonds is 5. The summed E-state index contributed by atoms with van der Waals surface area (Å²) in [5.74, 6) is 0.830. The van der Waals surface area contributed by atoms with Gasteiger partial charge < -0.3 is 5.73 Å². The highest BCUT2D eigenvalue weighted by molar-refractivity contribution is 7.11. The zero-order chi connectivity index (χ0) is 11.7. The molecule has 1 aliphatic carbocycles. The van der Waals surface area contributed by atoms with Gasteiger partial charge in [-0.3, -0.25) is 4.79 Å². The number of thiazole rings is 1. The number of Topliss-reactive ketones (excluding diaryl/α,β-unsaturated/α-hetero) is 1. The van der Waals surface area contributed by atoms with Crippen LogP contribution in [0.15, 0.2) is 0 Å². The molecule has 0 spiro atoms. The molecule has 1 aromatic heterocycles. The van der Waals surface area contributed by atoms with Crippen LogP contribution >= 0.6 is 11.3 Å². The number of aromatic nitrogens is 1. The molecular formula is C12H18N2OS. The molecule has 1 fully saturated rings. The summed E-state index contributed by atoms with van der Waals surface area (Å²) in [5.41, 5.74) is 6.97. The largest absolute Gasteiger partial charge is 0.327 e. The molecule has 0 aliphatic heterocycles. The number of aryl methyl sites for hydroxylation is 2. The maximum Gasteiger partial charge on any atom is 0.141 e. The Kier molecular flexibility index (Phi) is 3.40. The highest BCUT2D eigenvalue weighted by atomic mass is 32.1. The molecule has 0 radical (unpaired) electrons. The lowest BCUT2D eigenvalue weighted by Gasteiger charge is -2.07. The molecule has 2 N–H and O–H groups in total. The molecule has 1 atom stereocenters. The first kappa shape index (κ1) is 11.7. The molecule has 0 bridgehead atoms. The van der Waals surface area contributed by atoms with Crippen LogP contribution in [-0.4, -0.2) is 16.8 Å². The van der Waals surface area contributed by atoms with Crippen molar-refractivity contribution in [2.24, 2.45) is 11.7 Å². The van der Waals surface area contributed by atoms with Gasteiger partial charge in [-0.1, -0.05) is 0 Å². The van der Waals surface area contributed by atoms with E-state index >= 15 is 0 Å². The molecule has 1 aromatic rings. The van der Waals surface area contributed by atoms with E-state index in [9.17, 15) is 4.79 Å². The third kappa shape index (κ3) is 2.89. The second-order valence-electron chi connectivity index (χ2n) is 4.67. The molecular weight excluding hydrogens is 220 g/mol. The number of nitrogens with two attached hydrogens (primary N) is 1. The predicted molar refractivity (Wildman–Crippen MR) is 65.6 cm³/mol. The van der Waals surface area contributed by atoms with Crippen molar-refractivity contribution in [1.82, 2.24) is 4.98 Å². The van der Waals surface area contributed by atoms with E-state index in [1.807, 2.05) is 13.8 Å².